The molecule has 0 radical (unpaired) electrons. The minimum absolute atomic E-state index is 0.357. The molecular weight excluding hydrogens is 190 g/mol. The Morgan fingerprint density at radius 3 is 2.71 bits per heavy atom. The van der Waals surface area contributed by atoms with E-state index in [-0.39, 0.29) is 0 Å². The van der Waals surface area contributed by atoms with E-state index in [0.717, 1.165) is 5.92 Å². The number of nitrogens with one attached hydrogen (secondary N) is 1. The lowest BCUT2D eigenvalue weighted by Crippen LogP contribution is -2.52. The minimum atomic E-state index is 0.357. The molecule has 1 N–H and O–H groups in total. The van der Waals surface area contributed by atoms with Crippen molar-refractivity contribution in [3.05, 3.63) is 0 Å². The first kappa shape index (κ1) is 10.8. The van der Waals surface area contributed by atoms with Gasteiger partial charge >= 0.3 is 0 Å². The van der Waals surface area contributed by atoms with Crippen LogP contribution in [0.4, 0.5) is 0 Å². The van der Waals surface area contributed by atoms with Gasteiger partial charge in [0.15, 0.2) is 0 Å². The van der Waals surface area contributed by atoms with E-state index in [2.05, 4.69) is 37.8 Å². The Balaban J connectivity index is 2.13. The first-order chi connectivity index (χ1) is 6.58. The predicted molar refractivity (Wildman–Crippen MR) is 64.7 cm³/mol. The molecule has 1 saturated carbocycles. The van der Waals surface area contributed by atoms with Crippen LogP contribution in [0, 0.1) is 5.92 Å². The highest BCUT2D eigenvalue weighted by Gasteiger charge is 2.48. The number of hydrogen-bond donors (Lipinski definition) is 1. The zero-order valence-corrected chi connectivity index (χ0v) is 10.5. The highest BCUT2D eigenvalue weighted by molar-refractivity contribution is 8.01. The zero-order valence-electron chi connectivity index (χ0n) is 9.73. The van der Waals surface area contributed by atoms with E-state index >= 15 is 0 Å². The van der Waals surface area contributed by atoms with E-state index in [4.69, 9.17) is 0 Å². The molecule has 1 aliphatic heterocycles. The summed E-state index contributed by atoms with van der Waals surface area (Å²) in [5.41, 5.74) is 0.357. The predicted octanol–water partition coefficient (Wildman–Crippen LogP) is 3.40. The van der Waals surface area contributed by atoms with Crippen LogP contribution in [-0.2, 0) is 0 Å². The molecule has 1 nitrogen and oxygen atoms in total. The maximum atomic E-state index is 3.91. The zero-order chi connectivity index (χ0) is 10.2. The van der Waals surface area contributed by atoms with Crippen molar-refractivity contribution >= 4 is 11.8 Å². The first-order valence-corrected chi connectivity index (χ1v) is 7.00. The van der Waals surface area contributed by atoms with Crippen molar-refractivity contribution in [2.45, 2.75) is 63.3 Å². The largest absolute Gasteiger partial charge is 0.297 e. The SMILES string of the molecule is CCC1CCCCC12NC(C)(C)CS2. The first-order valence-electron chi connectivity index (χ1n) is 6.01. The third-order valence-corrected chi connectivity index (χ3v) is 5.76. The average molecular weight is 213 g/mol. The fourth-order valence-corrected chi connectivity index (χ4v) is 4.91. The van der Waals surface area contributed by atoms with Crippen molar-refractivity contribution < 1.29 is 0 Å². The van der Waals surface area contributed by atoms with E-state index in [1.165, 1.54) is 37.9 Å². The molecule has 14 heavy (non-hydrogen) atoms. The fraction of sp³-hybridized carbons (Fsp3) is 1.00. The van der Waals surface area contributed by atoms with Crippen LogP contribution in [0.3, 0.4) is 0 Å². The second kappa shape index (κ2) is 3.71. The third-order valence-electron chi connectivity index (χ3n) is 3.74. The second-order valence-corrected chi connectivity index (χ2v) is 6.84. The highest BCUT2D eigenvalue weighted by Crippen LogP contribution is 2.49. The van der Waals surface area contributed by atoms with Gasteiger partial charge in [0.05, 0.1) is 4.87 Å². The summed E-state index contributed by atoms with van der Waals surface area (Å²) in [5.74, 6) is 2.19. The molecule has 1 aliphatic carbocycles. The summed E-state index contributed by atoms with van der Waals surface area (Å²) in [6.07, 6.45) is 7.04. The van der Waals surface area contributed by atoms with E-state index in [1.807, 2.05) is 0 Å². The highest BCUT2D eigenvalue weighted by atomic mass is 32.2. The van der Waals surface area contributed by atoms with Crippen molar-refractivity contribution in [3.63, 3.8) is 0 Å². The van der Waals surface area contributed by atoms with Crippen LogP contribution in [0.15, 0.2) is 0 Å². The van der Waals surface area contributed by atoms with Crippen LogP contribution in [0.1, 0.15) is 52.9 Å². The lowest BCUT2D eigenvalue weighted by Gasteiger charge is -2.42. The molecular formula is C12H23NS. The summed E-state index contributed by atoms with van der Waals surface area (Å²) in [6.45, 7) is 7.04. The summed E-state index contributed by atoms with van der Waals surface area (Å²) in [4.78, 5) is 0.441. The summed E-state index contributed by atoms with van der Waals surface area (Å²) in [5, 5.41) is 3.91. The Kier molecular flexibility index (Phi) is 2.87. The summed E-state index contributed by atoms with van der Waals surface area (Å²) in [6, 6.07) is 0. The van der Waals surface area contributed by atoms with Gasteiger partial charge in [0.1, 0.15) is 0 Å². The topological polar surface area (TPSA) is 12.0 Å². The molecule has 82 valence electrons. The molecule has 2 unspecified atom stereocenters. The van der Waals surface area contributed by atoms with Gasteiger partial charge in [0, 0.05) is 11.3 Å². The van der Waals surface area contributed by atoms with Crippen LogP contribution in [-0.4, -0.2) is 16.2 Å². The lowest BCUT2D eigenvalue weighted by molar-refractivity contribution is 0.202. The van der Waals surface area contributed by atoms with E-state index in [9.17, 15) is 0 Å². The standard InChI is InChI=1S/C12H23NS/c1-4-10-7-5-6-8-12(10)13-11(2,3)9-14-12/h10,13H,4-9H2,1-3H3. The Bertz CT molecular complexity index is 214. The van der Waals surface area contributed by atoms with Crippen LogP contribution < -0.4 is 5.32 Å². The van der Waals surface area contributed by atoms with Crippen molar-refractivity contribution in [1.29, 1.82) is 0 Å². The molecule has 2 fully saturated rings. The smallest absolute Gasteiger partial charge is 0.0678 e. The maximum Gasteiger partial charge on any atom is 0.0678 e. The van der Waals surface area contributed by atoms with Gasteiger partial charge in [0.25, 0.3) is 0 Å². The second-order valence-electron chi connectivity index (χ2n) is 5.54. The molecule has 0 aromatic carbocycles. The normalized spacial score (nSPS) is 41.8. The molecule has 2 atom stereocenters. The van der Waals surface area contributed by atoms with Crippen molar-refractivity contribution in [2.24, 2.45) is 5.92 Å². The van der Waals surface area contributed by atoms with Gasteiger partial charge in [-0.1, -0.05) is 26.2 Å². The summed E-state index contributed by atoms with van der Waals surface area (Å²) < 4.78 is 0. The number of hydrogen-bond acceptors (Lipinski definition) is 2. The van der Waals surface area contributed by atoms with Crippen LogP contribution in [0.25, 0.3) is 0 Å². The quantitative estimate of drug-likeness (QED) is 0.716. The van der Waals surface area contributed by atoms with Crippen molar-refractivity contribution in [3.8, 4) is 0 Å². The fourth-order valence-electron chi connectivity index (χ4n) is 3.06. The van der Waals surface area contributed by atoms with Crippen LogP contribution in [0.2, 0.25) is 0 Å². The van der Waals surface area contributed by atoms with Gasteiger partial charge < -0.3 is 0 Å². The third kappa shape index (κ3) is 1.83. The van der Waals surface area contributed by atoms with Crippen LogP contribution >= 0.6 is 11.8 Å². The minimum Gasteiger partial charge on any atom is -0.297 e. The Morgan fingerprint density at radius 2 is 2.14 bits per heavy atom. The summed E-state index contributed by atoms with van der Waals surface area (Å²) in [7, 11) is 0. The molecule has 0 amide bonds. The lowest BCUT2D eigenvalue weighted by atomic mass is 9.81. The van der Waals surface area contributed by atoms with E-state index in [0.29, 0.717) is 10.4 Å². The average Bonchev–Trinajstić information content (AvgIpc) is 2.44. The number of rotatable bonds is 1. The molecule has 2 rings (SSSR count). The monoisotopic (exact) mass is 213 g/mol. The van der Waals surface area contributed by atoms with Gasteiger partial charge in [0.2, 0.25) is 0 Å². The molecule has 1 saturated heterocycles. The number of thioether (sulfide) groups is 1. The Morgan fingerprint density at radius 1 is 1.36 bits per heavy atom. The Hall–Kier alpha value is 0.310. The molecule has 0 bridgehead atoms. The van der Waals surface area contributed by atoms with Crippen LogP contribution in [0.5, 0.6) is 0 Å². The summed E-state index contributed by atoms with van der Waals surface area (Å²) >= 11 is 2.19. The molecule has 2 heteroatoms. The van der Waals surface area contributed by atoms with Crippen molar-refractivity contribution in [2.75, 3.05) is 5.75 Å². The van der Waals surface area contributed by atoms with Gasteiger partial charge in [-0.05, 0) is 32.6 Å². The van der Waals surface area contributed by atoms with E-state index in [1.54, 1.807) is 0 Å². The van der Waals surface area contributed by atoms with Gasteiger partial charge in [-0.2, -0.15) is 0 Å². The maximum absolute atomic E-state index is 3.91. The molecule has 1 heterocycles. The molecule has 2 aliphatic rings. The Labute approximate surface area is 92.4 Å². The van der Waals surface area contributed by atoms with Crippen molar-refractivity contribution in [1.82, 2.24) is 5.32 Å². The van der Waals surface area contributed by atoms with E-state index < -0.39 is 0 Å². The molecule has 0 aromatic rings. The van der Waals surface area contributed by atoms with Gasteiger partial charge in [-0.25, -0.2) is 0 Å². The van der Waals surface area contributed by atoms with Gasteiger partial charge in [-0.15, -0.1) is 11.8 Å². The molecule has 1 spiro atoms. The molecule has 0 aromatic heterocycles. The van der Waals surface area contributed by atoms with Gasteiger partial charge in [-0.3, -0.25) is 5.32 Å².